The van der Waals surface area contributed by atoms with Crippen LogP contribution in [0.1, 0.15) is 53.6 Å². The van der Waals surface area contributed by atoms with Gasteiger partial charge in [-0.05, 0) is 64.8 Å². The zero-order valence-electron chi connectivity index (χ0n) is 18.5. The molecule has 1 amide bonds. The molecule has 5 nitrogen and oxygen atoms in total. The third-order valence-corrected chi connectivity index (χ3v) is 4.28. The number of methoxy groups -OCH3 is 1. The van der Waals surface area contributed by atoms with E-state index in [1.807, 2.05) is 52.0 Å². The molecule has 1 aromatic heterocycles. The third kappa shape index (κ3) is 7.70. The summed E-state index contributed by atoms with van der Waals surface area (Å²) in [5, 5.41) is 2.97. The van der Waals surface area contributed by atoms with Crippen LogP contribution < -0.4 is 10.1 Å². The van der Waals surface area contributed by atoms with Gasteiger partial charge in [-0.2, -0.15) is 0 Å². The smallest absolute Gasteiger partial charge is 0.253 e. The number of amides is 1. The lowest BCUT2D eigenvalue weighted by Crippen LogP contribution is -2.24. The first-order valence-corrected chi connectivity index (χ1v) is 9.83. The minimum Gasteiger partial charge on any atom is -0.496 e. The van der Waals surface area contributed by atoms with Gasteiger partial charge in [-0.25, -0.2) is 0 Å². The number of nitrogens with zero attached hydrogens (tertiary/aromatic N) is 1. The van der Waals surface area contributed by atoms with Crippen molar-refractivity contribution in [2.45, 2.75) is 59.8 Å². The van der Waals surface area contributed by atoms with Crippen LogP contribution in [-0.2, 0) is 17.7 Å². The number of hydrogen-bond donors (Lipinski definition) is 1. The summed E-state index contributed by atoms with van der Waals surface area (Å²) in [6, 6.07) is 9.71. The fourth-order valence-corrected chi connectivity index (χ4v) is 3.14. The highest BCUT2D eigenvalue weighted by atomic mass is 16.5. The van der Waals surface area contributed by atoms with Crippen LogP contribution >= 0.6 is 0 Å². The number of ether oxygens (including phenoxy) is 2. The normalized spacial score (nSPS) is 11.4. The Morgan fingerprint density at radius 2 is 1.83 bits per heavy atom. The summed E-state index contributed by atoms with van der Waals surface area (Å²) in [7, 11) is 1.64. The Kier molecular flexibility index (Phi) is 10.1. The van der Waals surface area contributed by atoms with Gasteiger partial charge in [0.15, 0.2) is 0 Å². The molecule has 2 aromatic rings. The van der Waals surface area contributed by atoms with E-state index >= 15 is 0 Å². The number of aryl methyl sites for hydroxylation is 2. The highest BCUT2D eigenvalue weighted by molar-refractivity contribution is 5.95. The number of hydrogen-bond acceptors (Lipinski definition) is 4. The molecule has 1 N–H and O–H groups in total. The summed E-state index contributed by atoms with van der Waals surface area (Å²) in [6.45, 7) is 16.3. The van der Waals surface area contributed by atoms with Crippen molar-refractivity contribution in [2.24, 2.45) is 0 Å². The van der Waals surface area contributed by atoms with E-state index in [2.05, 4.69) is 36.4 Å². The van der Waals surface area contributed by atoms with E-state index in [4.69, 9.17) is 9.47 Å². The van der Waals surface area contributed by atoms with E-state index in [0.29, 0.717) is 12.1 Å². The topological polar surface area (TPSA) is 60.5 Å². The van der Waals surface area contributed by atoms with Gasteiger partial charge in [0.1, 0.15) is 5.75 Å². The molecule has 1 heterocycles. The highest BCUT2D eigenvalue weighted by Crippen LogP contribution is 2.21. The molecule has 2 rings (SSSR count). The Morgan fingerprint density at radius 1 is 1.14 bits per heavy atom. The molecule has 5 heteroatoms. The number of rotatable bonds is 8. The van der Waals surface area contributed by atoms with Gasteiger partial charge < -0.3 is 14.8 Å². The summed E-state index contributed by atoms with van der Waals surface area (Å²) < 4.78 is 11.3. The van der Waals surface area contributed by atoms with E-state index in [-0.39, 0.29) is 18.1 Å². The average molecular weight is 399 g/mol. The summed E-state index contributed by atoms with van der Waals surface area (Å²) in [6.07, 6.45) is 1.13. The molecular weight excluding hydrogens is 364 g/mol. The monoisotopic (exact) mass is 398 g/mol. The molecule has 29 heavy (non-hydrogen) atoms. The summed E-state index contributed by atoms with van der Waals surface area (Å²) in [4.78, 5) is 16.9. The Hall–Kier alpha value is -2.66. The lowest BCUT2D eigenvalue weighted by molar-refractivity contribution is 0.0194. The van der Waals surface area contributed by atoms with Crippen LogP contribution in [0.25, 0.3) is 0 Å². The second-order valence-corrected chi connectivity index (χ2v) is 7.11. The molecule has 0 saturated heterocycles. The maximum Gasteiger partial charge on any atom is 0.253 e. The number of carbonyl (C=O) groups is 1. The predicted octanol–water partition coefficient (Wildman–Crippen LogP) is 4.80. The van der Waals surface area contributed by atoms with E-state index in [0.717, 1.165) is 34.7 Å². The van der Waals surface area contributed by atoms with Crippen LogP contribution in [0.15, 0.2) is 43.5 Å². The quantitative estimate of drug-likeness (QED) is 0.649. The van der Waals surface area contributed by atoms with Crippen molar-refractivity contribution in [1.82, 2.24) is 10.3 Å². The van der Waals surface area contributed by atoms with Crippen LogP contribution in [0.4, 0.5) is 0 Å². The van der Waals surface area contributed by atoms with E-state index < -0.39 is 0 Å². The molecule has 0 radical (unpaired) electrons. The summed E-state index contributed by atoms with van der Waals surface area (Å²) in [5.41, 5.74) is 4.32. The summed E-state index contributed by atoms with van der Waals surface area (Å²) in [5.74, 6) is 0.624. The zero-order valence-corrected chi connectivity index (χ0v) is 18.5. The second kappa shape index (κ2) is 12.0. The lowest BCUT2D eigenvalue weighted by atomic mass is 10.0. The Labute approximate surface area is 175 Å². The van der Waals surface area contributed by atoms with Gasteiger partial charge in [-0.1, -0.05) is 12.1 Å². The van der Waals surface area contributed by atoms with Crippen molar-refractivity contribution >= 4 is 5.91 Å². The minimum atomic E-state index is -0.135. The first-order chi connectivity index (χ1) is 13.8. The van der Waals surface area contributed by atoms with Crippen LogP contribution in [0, 0.1) is 13.8 Å². The third-order valence-electron chi connectivity index (χ3n) is 4.28. The predicted molar refractivity (Wildman–Crippen MR) is 119 cm³/mol. The van der Waals surface area contributed by atoms with Crippen molar-refractivity contribution in [3.05, 3.63) is 71.6 Å². The van der Waals surface area contributed by atoms with Gasteiger partial charge in [0, 0.05) is 17.8 Å². The van der Waals surface area contributed by atoms with Crippen molar-refractivity contribution in [3.63, 3.8) is 0 Å². The maximum atomic E-state index is 12.5. The first-order valence-electron chi connectivity index (χ1n) is 9.83. The average Bonchev–Trinajstić information content (AvgIpc) is 2.67. The molecule has 0 aliphatic heterocycles. The molecule has 0 saturated carbocycles. The molecule has 0 aliphatic rings. The zero-order chi connectivity index (χ0) is 22.0. The Morgan fingerprint density at radius 3 is 2.41 bits per heavy atom. The van der Waals surface area contributed by atoms with Crippen LogP contribution in [0.5, 0.6) is 5.75 Å². The molecule has 0 aliphatic carbocycles. The first kappa shape index (κ1) is 24.4. The number of pyridine rings is 1. The van der Waals surface area contributed by atoms with Crippen LogP contribution in [-0.4, -0.2) is 30.2 Å². The lowest BCUT2D eigenvalue weighted by Gasteiger charge is -2.17. The number of carbonyl (C=O) groups excluding carboxylic acids is 1. The standard InChI is InChI=1S/C22H30N2O3.C2H4/c1-14(2)27-16(4)11-18-8-10-21(26-6)19(12-18)13-23-22(25)20-9-7-15(3)24-17(20)5;1-2/h7-10,12,14,16H,11,13H2,1-6H3,(H,23,25);1-2H2. The van der Waals surface area contributed by atoms with Crippen LogP contribution in [0.2, 0.25) is 0 Å². The van der Waals surface area contributed by atoms with Crippen molar-refractivity contribution in [1.29, 1.82) is 0 Å². The second-order valence-electron chi connectivity index (χ2n) is 7.11. The van der Waals surface area contributed by atoms with Gasteiger partial charge in [-0.15, -0.1) is 13.2 Å². The Bertz CT molecular complexity index is 803. The minimum absolute atomic E-state index is 0.127. The molecule has 1 atom stereocenters. The molecule has 0 bridgehead atoms. The van der Waals surface area contributed by atoms with Crippen molar-refractivity contribution in [3.8, 4) is 5.75 Å². The van der Waals surface area contributed by atoms with Gasteiger partial charge in [0.25, 0.3) is 5.91 Å². The fraction of sp³-hybridized carbons (Fsp3) is 0.417. The molecule has 0 spiro atoms. The number of aromatic nitrogens is 1. The Balaban J connectivity index is 0.00000204. The number of benzene rings is 1. The van der Waals surface area contributed by atoms with Gasteiger partial charge in [-0.3, -0.25) is 9.78 Å². The SMILES string of the molecule is C=C.COc1ccc(CC(C)OC(C)C)cc1CNC(=O)c1ccc(C)nc1C. The largest absolute Gasteiger partial charge is 0.496 e. The molecule has 0 fully saturated rings. The van der Waals surface area contributed by atoms with Gasteiger partial charge >= 0.3 is 0 Å². The molecular formula is C24H34N2O3. The number of nitrogens with one attached hydrogen (secondary N) is 1. The van der Waals surface area contributed by atoms with E-state index in [1.165, 1.54) is 0 Å². The molecule has 158 valence electrons. The highest BCUT2D eigenvalue weighted by Gasteiger charge is 2.13. The fourth-order valence-electron chi connectivity index (χ4n) is 3.14. The van der Waals surface area contributed by atoms with Crippen molar-refractivity contribution < 1.29 is 14.3 Å². The van der Waals surface area contributed by atoms with Gasteiger partial charge in [0.05, 0.1) is 30.6 Å². The van der Waals surface area contributed by atoms with Crippen LogP contribution in [0.3, 0.4) is 0 Å². The van der Waals surface area contributed by atoms with E-state index in [9.17, 15) is 4.79 Å². The van der Waals surface area contributed by atoms with Crippen molar-refractivity contribution in [2.75, 3.05) is 7.11 Å². The molecule has 1 aromatic carbocycles. The maximum absolute atomic E-state index is 12.5. The van der Waals surface area contributed by atoms with Gasteiger partial charge in [0.2, 0.25) is 0 Å². The summed E-state index contributed by atoms with van der Waals surface area (Å²) >= 11 is 0. The van der Waals surface area contributed by atoms with E-state index in [1.54, 1.807) is 7.11 Å². The molecule has 1 unspecified atom stereocenters.